The maximum atomic E-state index is 12.5. The van der Waals surface area contributed by atoms with Crippen LogP contribution in [0.3, 0.4) is 0 Å². The van der Waals surface area contributed by atoms with Crippen LogP contribution in [0.25, 0.3) is 10.9 Å². The summed E-state index contributed by atoms with van der Waals surface area (Å²) in [5, 5.41) is 12.0. The minimum absolute atomic E-state index is 0.170. The second-order valence-corrected chi connectivity index (χ2v) is 12.3. The van der Waals surface area contributed by atoms with Gasteiger partial charge in [0.2, 0.25) is 0 Å². The van der Waals surface area contributed by atoms with Gasteiger partial charge in [0.1, 0.15) is 6.61 Å². The minimum atomic E-state index is -1.02. The second-order valence-electron chi connectivity index (χ2n) is 12.3. The molecule has 1 unspecified atom stereocenters. The summed E-state index contributed by atoms with van der Waals surface area (Å²) in [5.74, 6) is -0.478. The van der Waals surface area contributed by atoms with E-state index in [1.807, 2.05) is 6.20 Å². The van der Waals surface area contributed by atoms with Crippen LogP contribution in [0.4, 0.5) is 0 Å². The summed E-state index contributed by atoms with van der Waals surface area (Å²) < 4.78 is 5.70. The van der Waals surface area contributed by atoms with Gasteiger partial charge in [-0.25, -0.2) is 0 Å². The van der Waals surface area contributed by atoms with Crippen LogP contribution in [-0.4, -0.2) is 28.3 Å². The highest BCUT2D eigenvalue weighted by molar-refractivity contribution is 5.84. The number of rotatable bonds is 21. The molecule has 1 atom stereocenters. The first kappa shape index (κ1) is 33.9. The predicted molar refractivity (Wildman–Crippen MR) is 171 cm³/mol. The highest BCUT2D eigenvalue weighted by Gasteiger charge is 2.31. The Kier molecular flexibility index (Phi) is 16.0. The Morgan fingerprint density at radius 1 is 0.950 bits per heavy atom. The average Bonchev–Trinajstić information content (AvgIpc) is 3.32. The number of carbonyl (C=O) groups excluding carboxylic acids is 1. The number of allylic oxidation sites excluding steroid dienone is 4. The molecular weight excluding hydrogens is 494 g/mol. The maximum Gasteiger partial charge on any atom is 0.305 e. The summed E-state index contributed by atoms with van der Waals surface area (Å²) in [7, 11) is 0. The molecule has 1 aromatic carbocycles. The number of ether oxygens (including phenoxy) is 1. The molecule has 40 heavy (non-hydrogen) atoms. The first-order valence-corrected chi connectivity index (χ1v) is 16.0. The standard InChI is InChI=1S/C36H57NO3/c1-6-7-8-9-10-11-12-13-14-15-16-17-18-19-20-21-35(38)40-28-33(36(4,5)39)32-27-37-34-25-24-30(26-31(32)34)23-22-29(2)3/h13-14,22,24-27,33,37,39H,6-12,15-21,23,28H2,1-5H3. The van der Waals surface area contributed by atoms with Crippen molar-refractivity contribution < 1.29 is 14.6 Å². The van der Waals surface area contributed by atoms with Crippen molar-refractivity contribution in [3.05, 3.63) is 59.3 Å². The van der Waals surface area contributed by atoms with Gasteiger partial charge in [-0.15, -0.1) is 0 Å². The van der Waals surface area contributed by atoms with Crippen molar-refractivity contribution in [2.45, 2.75) is 142 Å². The maximum absolute atomic E-state index is 12.5. The molecule has 0 radical (unpaired) electrons. The number of unbranched alkanes of at least 4 members (excludes halogenated alkanes) is 11. The van der Waals surface area contributed by atoms with Gasteiger partial charge in [0.25, 0.3) is 0 Å². The van der Waals surface area contributed by atoms with Gasteiger partial charge in [-0.3, -0.25) is 4.79 Å². The summed E-state index contributed by atoms with van der Waals surface area (Å²) in [4.78, 5) is 15.9. The smallest absolute Gasteiger partial charge is 0.305 e. The number of nitrogens with one attached hydrogen (secondary N) is 1. The van der Waals surface area contributed by atoms with E-state index in [1.54, 1.807) is 13.8 Å². The zero-order chi connectivity index (χ0) is 29.2. The molecule has 1 aromatic heterocycles. The zero-order valence-corrected chi connectivity index (χ0v) is 26.2. The molecule has 0 saturated carbocycles. The summed E-state index contributed by atoms with van der Waals surface area (Å²) >= 11 is 0. The molecule has 224 valence electrons. The van der Waals surface area contributed by atoms with Crippen LogP contribution in [0.1, 0.15) is 142 Å². The van der Waals surface area contributed by atoms with E-state index < -0.39 is 5.60 Å². The zero-order valence-electron chi connectivity index (χ0n) is 26.2. The Balaban J connectivity index is 1.68. The fourth-order valence-corrected chi connectivity index (χ4v) is 5.19. The van der Waals surface area contributed by atoms with Gasteiger partial charge < -0.3 is 14.8 Å². The van der Waals surface area contributed by atoms with Gasteiger partial charge in [0.05, 0.1) is 5.60 Å². The molecule has 4 nitrogen and oxygen atoms in total. The molecule has 2 rings (SSSR count). The molecule has 2 N–H and O–H groups in total. The Labute approximate surface area is 244 Å². The topological polar surface area (TPSA) is 62.3 Å². The Morgan fingerprint density at radius 3 is 2.20 bits per heavy atom. The van der Waals surface area contributed by atoms with E-state index in [4.69, 9.17) is 4.74 Å². The number of hydrogen-bond donors (Lipinski definition) is 2. The van der Waals surface area contributed by atoms with Crippen LogP contribution in [0.2, 0.25) is 0 Å². The molecule has 2 aromatic rings. The lowest BCUT2D eigenvalue weighted by Crippen LogP contribution is -2.33. The monoisotopic (exact) mass is 551 g/mol. The largest absolute Gasteiger partial charge is 0.465 e. The molecule has 0 aliphatic rings. The number of benzene rings is 1. The summed E-state index contributed by atoms with van der Waals surface area (Å²) in [6.45, 7) is 10.2. The molecular formula is C36H57NO3. The number of aromatic nitrogens is 1. The van der Waals surface area contributed by atoms with E-state index in [0.717, 1.165) is 42.1 Å². The number of carbonyl (C=O) groups is 1. The number of aromatic amines is 1. The number of fused-ring (bicyclic) bond motifs is 1. The normalized spacial score (nSPS) is 12.8. The van der Waals surface area contributed by atoms with E-state index in [1.165, 1.54) is 75.3 Å². The molecule has 0 spiro atoms. The first-order valence-electron chi connectivity index (χ1n) is 16.0. The fourth-order valence-electron chi connectivity index (χ4n) is 5.19. The first-order chi connectivity index (χ1) is 19.2. The number of H-pyrrole nitrogens is 1. The lowest BCUT2D eigenvalue weighted by molar-refractivity contribution is -0.145. The van der Waals surface area contributed by atoms with Gasteiger partial charge in [-0.1, -0.05) is 88.2 Å². The van der Waals surface area contributed by atoms with Gasteiger partial charge in [-0.05, 0) is 89.5 Å². The minimum Gasteiger partial charge on any atom is -0.465 e. The van der Waals surface area contributed by atoms with Crippen molar-refractivity contribution in [2.24, 2.45) is 0 Å². The predicted octanol–water partition coefficient (Wildman–Crippen LogP) is 10.1. The van der Waals surface area contributed by atoms with Crippen LogP contribution in [0, 0.1) is 0 Å². The molecule has 0 aliphatic heterocycles. The molecule has 0 saturated heterocycles. The van der Waals surface area contributed by atoms with Crippen LogP contribution in [-0.2, 0) is 16.0 Å². The van der Waals surface area contributed by atoms with Crippen molar-refractivity contribution in [2.75, 3.05) is 6.61 Å². The number of hydrogen-bond acceptors (Lipinski definition) is 3. The van der Waals surface area contributed by atoms with Crippen LogP contribution >= 0.6 is 0 Å². The molecule has 0 fully saturated rings. The summed E-state index contributed by atoms with van der Waals surface area (Å²) in [6.07, 6.45) is 26.3. The molecule has 4 heteroatoms. The van der Waals surface area contributed by atoms with Crippen LogP contribution in [0.15, 0.2) is 48.2 Å². The third kappa shape index (κ3) is 13.4. The molecule has 0 amide bonds. The SMILES string of the molecule is CCCCCCCCC=CCCCCCCCC(=O)OCC(c1c[nH]c2ccc(CC=C(C)C)cc12)C(C)(C)O. The van der Waals surface area contributed by atoms with Gasteiger partial charge in [-0.2, -0.15) is 0 Å². The molecule has 0 bridgehead atoms. The van der Waals surface area contributed by atoms with Crippen molar-refractivity contribution in [3.63, 3.8) is 0 Å². The van der Waals surface area contributed by atoms with Gasteiger partial charge in [0.15, 0.2) is 0 Å². The van der Waals surface area contributed by atoms with E-state index in [2.05, 4.69) is 62.2 Å². The van der Waals surface area contributed by atoms with Crippen LogP contribution in [0.5, 0.6) is 0 Å². The van der Waals surface area contributed by atoms with E-state index >= 15 is 0 Å². The van der Waals surface area contributed by atoms with E-state index in [9.17, 15) is 9.90 Å². The fraction of sp³-hybridized carbons (Fsp3) is 0.639. The second kappa shape index (κ2) is 18.9. The number of esters is 1. The van der Waals surface area contributed by atoms with Crippen molar-refractivity contribution in [1.29, 1.82) is 0 Å². The Bertz CT molecular complexity index is 1040. The van der Waals surface area contributed by atoms with Crippen molar-refractivity contribution in [1.82, 2.24) is 4.98 Å². The van der Waals surface area contributed by atoms with Crippen molar-refractivity contribution >= 4 is 16.9 Å². The lowest BCUT2D eigenvalue weighted by Gasteiger charge is -2.29. The van der Waals surface area contributed by atoms with E-state index in [0.29, 0.717) is 6.42 Å². The molecule has 1 heterocycles. The van der Waals surface area contributed by atoms with Crippen molar-refractivity contribution in [3.8, 4) is 0 Å². The highest BCUT2D eigenvalue weighted by atomic mass is 16.5. The van der Waals surface area contributed by atoms with E-state index in [-0.39, 0.29) is 18.5 Å². The number of aliphatic hydroxyl groups is 1. The molecule has 0 aliphatic carbocycles. The van der Waals surface area contributed by atoms with Gasteiger partial charge in [0, 0.05) is 29.4 Å². The lowest BCUT2D eigenvalue weighted by atomic mass is 9.85. The highest BCUT2D eigenvalue weighted by Crippen LogP contribution is 2.34. The third-order valence-corrected chi connectivity index (χ3v) is 7.81. The third-order valence-electron chi connectivity index (χ3n) is 7.81. The Morgan fingerprint density at radius 2 is 1.57 bits per heavy atom. The average molecular weight is 552 g/mol. The Hall–Kier alpha value is -2.33. The summed E-state index contributed by atoms with van der Waals surface area (Å²) in [5.41, 5.74) is 3.53. The quantitative estimate of drug-likeness (QED) is 0.0921. The summed E-state index contributed by atoms with van der Waals surface area (Å²) in [6, 6.07) is 6.41. The van der Waals surface area contributed by atoms with Crippen LogP contribution < -0.4 is 0 Å². The van der Waals surface area contributed by atoms with Gasteiger partial charge >= 0.3 is 5.97 Å².